The number of hydrogen-bond acceptors (Lipinski definition) is 5. The Labute approximate surface area is 127 Å². The smallest absolute Gasteiger partial charge is 0.227 e. The van der Waals surface area contributed by atoms with Gasteiger partial charge in [0.1, 0.15) is 0 Å². The quantitative estimate of drug-likeness (QED) is 0.750. The lowest BCUT2D eigenvalue weighted by molar-refractivity contribution is -0.136. The zero-order valence-electron chi connectivity index (χ0n) is 12.9. The van der Waals surface area contributed by atoms with Crippen LogP contribution in [0.2, 0.25) is 0 Å². The van der Waals surface area contributed by atoms with Crippen molar-refractivity contribution in [3.8, 4) is 6.07 Å². The minimum atomic E-state index is 0.0633. The third kappa shape index (κ3) is 4.67. The van der Waals surface area contributed by atoms with Gasteiger partial charge >= 0.3 is 0 Å². The van der Waals surface area contributed by atoms with Crippen LogP contribution < -0.4 is 5.32 Å². The molecule has 2 fully saturated rings. The molecule has 21 heavy (non-hydrogen) atoms. The van der Waals surface area contributed by atoms with E-state index in [2.05, 4.69) is 23.2 Å². The topological polar surface area (TPSA) is 68.6 Å². The van der Waals surface area contributed by atoms with Crippen molar-refractivity contribution in [1.82, 2.24) is 15.1 Å². The van der Waals surface area contributed by atoms with Gasteiger partial charge in [-0.15, -0.1) is 0 Å². The van der Waals surface area contributed by atoms with Crippen molar-refractivity contribution >= 4 is 5.91 Å². The molecule has 0 bridgehead atoms. The zero-order valence-corrected chi connectivity index (χ0v) is 12.9. The van der Waals surface area contributed by atoms with Gasteiger partial charge in [0.15, 0.2) is 0 Å². The molecule has 2 aliphatic heterocycles. The average molecular weight is 294 g/mol. The summed E-state index contributed by atoms with van der Waals surface area (Å²) < 4.78 is 5.34. The van der Waals surface area contributed by atoms with E-state index in [-0.39, 0.29) is 17.9 Å². The summed E-state index contributed by atoms with van der Waals surface area (Å²) in [6.07, 6.45) is 1.31. The molecule has 0 radical (unpaired) electrons. The molecule has 0 spiro atoms. The first-order valence-corrected chi connectivity index (χ1v) is 7.91. The van der Waals surface area contributed by atoms with Gasteiger partial charge in [-0.25, -0.2) is 0 Å². The van der Waals surface area contributed by atoms with Crippen molar-refractivity contribution in [1.29, 1.82) is 5.26 Å². The molecule has 0 aromatic rings. The van der Waals surface area contributed by atoms with Crippen LogP contribution in [0.1, 0.15) is 19.8 Å². The molecule has 2 saturated heterocycles. The third-order valence-electron chi connectivity index (χ3n) is 4.44. The second-order valence-electron chi connectivity index (χ2n) is 5.83. The van der Waals surface area contributed by atoms with E-state index in [1.807, 2.05) is 4.90 Å². The molecule has 2 rings (SSSR count). The van der Waals surface area contributed by atoms with Gasteiger partial charge in [-0.1, -0.05) is 0 Å². The van der Waals surface area contributed by atoms with Crippen LogP contribution in [0, 0.1) is 17.2 Å². The van der Waals surface area contributed by atoms with E-state index >= 15 is 0 Å². The van der Waals surface area contributed by atoms with E-state index in [9.17, 15) is 4.79 Å². The monoisotopic (exact) mass is 294 g/mol. The second-order valence-corrected chi connectivity index (χ2v) is 5.83. The first-order valence-electron chi connectivity index (χ1n) is 7.91. The molecular formula is C15H26N4O2. The van der Waals surface area contributed by atoms with Crippen LogP contribution in [0.4, 0.5) is 0 Å². The van der Waals surface area contributed by atoms with Crippen molar-refractivity contribution < 1.29 is 9.53 Å². The van der Waals surface area contributed by atoms with Crippen molar-refractivity contribution in [2.24, 2.45) is 5.92 Å². The Morgan fingerprint density at radius 3 is 2.81 bits per heavy atom. The highest BCUT2D eigenvalue weighted by atomic mass is 16.5. The van der Waals surface area contributed by atoms with Gasteiger partial charge in [-0.05, 0) is 19.9 Å². The van der Waals surface area contributed by atoms with Gasteiger partial charge in [0, 0.05) is 38.8 Å². The molecule has 2 heterocycles. The molecule has 6 heteroatoms. The summed E-state index contributed by atoms with van der Waals surface area (Å²) in [5.41, 5.74) is 0. The molecule has 2 atom stereocenters. The van der Waals surface area contributed by atoms with Crippen molar-refractivity contribution in [3.05, 3.63) is 0 Å². The molecular weight excluding hydrogens is 268 g/mol. The predicted molar refractivity (Wildman–Crippen MR) is 79.6 cm³/mol. The number of hydrogen-bond donors (Lipinski definition) is 1. The van der Waals surface area contributed by atoms with Crippen molar-refractivity contribution in [2.45, 2.75) is 25.8 Å². The first kappa shape index (κ1) is 16.2. The number of nitrogens with one attached hydrogen (secondary N) is 1. The SMILES string of the molecule is CC1NCCC1C(=O)N(CCC#N)CCN1CCOCC1. The van der Waals surface area contributed by atoms with Crippen LogP contribution >= 0.6 is 0 Å². The zero-order chi connectivity index (χ0) is 15.1. The summed E-state index contributed by atoms with van der Waals surface area (Å²) >= 11 is 0. The summed E-state index contributed by atoms with van der Waals surface area (Å²) in [6.45, 7) is 8.52. The minimum absolute atomic E-state index is 0.0633. The van der Waals surface area contributed by atoms with E-state index in [4.69, 9.17) is 10.00 Å². The molecule has 1 N–H and O–H groups in total. The number of morpholine rings is 1. The minimum Gasteiger partial charge on any atom is -0.379 e. The summed E-state index contributed by atoms with van der Waals surface area (Å²) in [7, 11) is 0. The average Bonchev–Trinajstić information content (AvgIpc) is 2.94. The van der Waals surface area contributed by atoms with Crippen LogP contribution in [0.5, 0.6) is 0 Å². The van der Waals surface area contributed by atoms with Gasteiger partial charge in [0.05, 0.1) is 31.6 Å². The van der Waals surface area contributed by atoms with Gasteiger partial charge in [0.25, 0.3) is 0 Å². The number of nitriles is 1. The summed E-state index contributed by atoms with van der Waals surface area (Å²) in [4.78, 5) is 16.9. The van der Waals surface area contributed by atoms with E-state index in [0.29, 0.717) is 19.5 Å². The maximum absolute atomic E-state index is 12.7. The molecule has 118 valence electrons. The van der Waals surface area contributed by atoms with E-state index < -0.39 is 0 Å². The van der Waals surface area contributed by atoms with Gasteiger partial charge in [0.2, 0.25) is 5.91 Å². The maximum atomic E-state index is 12.7. The molecule has 6 nitrogen and oxygen atoms in total. The highest BCUT2D eigenvalue weighted by Crippen LogP contribution is 2.18. The number of nitrogens with zero attached hydrogens (tertiary/aromatic N) is 3. The second kappa shape index (κ2) is 8.32. The summed E-state index contributed by atoms with van der Waals surface area (Å²) in [6, 6.07) is 2.39. The lowest BCUT2D eigenvalue weighted by Crippen LogP contribution is -2.46. The molecule has 1 amide bonds. The van der Waals surface area contributed by atoms with E-state index in [1.54, 1.807) is 0 Å². The normalized spacial score (nSPS) is 26.5. The highest BCUT2D eigenvalue weighted by molar-refractivity contribution is 5.80. The fourth-order valence-corrected chi connectivity index (χ4v) is 3.03. The first-order chi connectivity index (χ1) is 10.2. The summed E-state index contributed by atoms with van der Waals surface area (Å²) in [5, 5.41) is 12.1. The molecule has 2 unspecified atom stereocenters. The lowest BCUT2D eigenvalue weighted by atomic mass is 10.0. The molecule has 2 aliphatic rings. The molecule has 0 aromatic heterocycles. The van der Waals surface area contributed by atoms with Gasteiger partial charge in [-0.2, -0.15) is 5.26 Å². The maximum Gasteiger partial charge on any atom is 0.227 e. The Balaban J connectivity index is 1.86. The lowest BCUT2D eigenvalue weighted by Gasteiger charge is -2.31. The predicted octanol–water partition coefficient (Wildman–Crippen LogP) is 0.0589. The standard InChI is InChI=1S/C15H26N4O2/c1-13-14(3-5-17-13)15(20)19(6-2-4-16)8-7-18-9-11-21-12-10-18/h13-14,17H,2-3,5-12H2,1H3. The van der Waals surface area contributed by atoms with Crippen LogP contribution in [0.15, 0.2) is 0 Å². The van der Waals surface area contributed by atoms with Gasteiger partial charge < -0.3 is 15.0 Å². The number of carbonyl (C=O) groups is 1. The molecule has 0 aromatic carbocycles. The molecule has 0 aliphatic carbocycles. The number of rotatable bonds is 6. The Bertz CT molecular complexity index is 376. The fourth-order valence-electron chi connectivity index (χ4n) is 3.03. The number of ether oxygens (including phenoxy) is 1. The number of amides is 1. The van der Waals surface area contributed by atoms with Crippen LogP contribution in [0.3, 0.4) is 0 Å². The Hall–Kier alpha value is -1.16. The largest absolute Gasteiger partial charge is 0.379 e. The summed E-state index contributed by atoms with van der Waals surface area (Å²) in [5.74, 6) is 0.268. The third-order valence-corrected chi connectivity index (χ3v) is 4.44. The van der Waals surface area contributed by atoms with Crippen molar-refractivity contribution in [2.75, 3.05) is 52.5 Å². The Morgan fingerprint density at radius 2 is 2.19 bits per heavy atom. The fraction of sp³-hybridized carbons (Fsp3) is 0.867. The Morgan fingerprint density at radius 1 is 1.43 bits per heavy atom. The van der Waals surface area contributed by atoms with Crippen LogP contribution in [0.25, 0.3) is 0 Å². The van der Waals surface area contributed by atoms with Crippen molar-refractivity contribution in [3.63, 3.8) is 0 Å². The van der Waals surface area contributed by atoms with Gasteiger partial charge in [-0.3, -0.25) is 9.69 Å². The van der Waals surface area contributed by atoms with Crippen LogP contribution in [-0.2, 0) is 9.53 Å². The highest BCUT2D eigenvalue weighted by Gasteiger charge is 2.32. The van der Waals surface area contributed by atoms with E-state index in [0.717, 1.165) is 45.8 Å². The van der Waals surface area contributed by atoms with E-state index in [1.165, 1.54) is 0 Å². The molecule has 0 saturated carbocycles. The Kier molecular flexibility index (Phi) is 6.43. The van der Waals surface area contributed by atoms with Crippen LogP contribution in [-0.4, -0.2) is 74.2 Å². The number of carbonyl (C=O) groups excluding carboxylic acids is 1.